The number of carbonyl (C=O) groups is 2. The van der Waals surface area contributed by atoms with Crippen LogP contribution in [0.1, 0.15) is 27.9 Å². The minimum Gasteiger partial charge on any atom is -0.353 e. The maximum atomic E-state index is 12.4. The smallest absolute Gasteiger partial charge is 0.270 e. The molecule has 1 amide bonds. The van der Waals surface area contributed by atoms with Crippen molar-refractivity contribution in [3.8, 4) is 0 Å². The molecule has 3 rings (SSSR count). The fraction of sp³-hybridized carbons (Fsp3) is 0.312. The lowest BCUT2D eigenvalue weighted by molar-refractivity contribution is 0.0741. The van der Waals surface area contributed by atoms with E-state index in [-0.39, 0.29) is 11.7 Å². The van der Waals surface area contributed by atoms with Crippen LogP contribution >= 0.6 is 0 Å². The third kappa shape index (κ3) is 2.86. The first-order valence-electron chi connectivity index (χ1n) is 7.30. The maximum absolute atomic E-state index is 12.4. The number of Topliss-reactive ketones (excluding diaryl/α,β-unsaturated/α-hetero) is 1. The third-order valence-electron chi connectivity index (χ3n) is 3.84. The van der Waals surface area contributed by atoms with Crippen LogP contribution in [0.25, 0.3) is 0 Å². The van der Waals surface area contributed by atoms with Crippen LogP contribution in [0, 0.1) is 0 Å². The fourth-order valence-electron chi connectivity index (χ4n) is 2.57. The van der Waals surface area contributed by atoms with Crippen LogP contribution in [0.4, 0.5) is 5.82 Å². The SMILES string of the molecule is CC(=O)c1ccc(C(=O)N2CCN(c3ccccn3)CC2)[nH]1. The van der Waals surface area contributed by atoms with E-state index in [1.165, 1.54) is 6.92 Å². The molecule has 0 aliphatic carbocycles. The molecule has 114 valence electrons. The number of rotatable bonds is 3. The first-order valence-corrected chi connectivity index (χ1v) is 7.30. The predicted octanol–water partition coefficient (Wildman–Crippen LogP) is 1.57. The van der Waals surface area contributed by atoms with Gasteiger partial charge in [0.1, 0.15) is 11.5 Å². The normalized spacial score (nSPS) is 15.0. The molecule has 0 radical (unpaired) electrons. The van der Waals surface area contributed by atoms with Gasteiger partial charge in [0, 0.05) is 39.3 Å². The standard InChI is InChI=1S/C16H18N4O2/c1-12(21)13-5-6-14(18-13)16(22)20-10-8-19(9-11-20)15-4-2-3-7-17-15/h2-7,18H,8-11H2,1H3. The van der Waals surface area contributed by atoms with E-state index in [4.69, 9.17) is 0 Å². The van der Waals surface area contributed by atoms with E-state index in [1.54, 1.807) is 23.2 Å². The first kappa shape index (κ1) is 14.3. The van der Waals surface area contributed by atoms with Gasteiger partial charge in [-0.15, -0.1) is 0 Å². The lowest BCUT2D eigenvalue weighted by Crippen LogP contribution is -2.49. The molecule has 0 spiro atoms. The van der Waals surface area contributed by atoms with Gasteiger partial charge in [-0.2, -0.15) is 0 Å². The van der Waals surface area contributed by atoms with E-state index in [1.807, 2.05) is 18.2 Å². The second kappa shape index (κ2) is 6.01. The summed E-state index contributed by atoms with van der Waals surface area (Å²) >= 11 is 0. The van der Waals surface area contributed by atoms with Crippen molar-refractivity contribution in [2.75, 3.05) is 31.1 Å². The highest BCUT2D eigenvalue weighted by Crippen LogP contribution is 2.14. The maximum Gasteiger partial charge on any atom is 0.270 e. The summed E-state index contributed by atoms with van der Waals surface area (Å²) in [5.74, 6) is 0.806. The number of piperazine rings is 1. The van der Waals surface area contributed by atoms with Crippen molar-refractivity contribution in [3.63, 3.8) is 0 Å². The van der Waals surface area contributed by atoms with Crippen LogP contribution < -0.4 is 4.90 Å². The van der Waals surface area contributed by atoms with Crippen molar-refractivity contribution in [1.29, 1.82) is 0 Å². The zero-order chi connectivity index (χ0) is 15.5. The largest absolute Gasteiger partial charge is 0.353 e. The minimum absolute atomic E-state index is 0.0619. The van der Waals surface area contributed by atoms with Crippen LogP contribution in [0.3, 0.4) is 0 Å². The summed E-state index contributed by atoms with van der Waals surface area (Å²) in [6.07, 6.45) is 1.77. The van der Waals surface area contributed by atoms with E-state index in [2.05, 4.69) is 14.9 Å². The number of aromatic nitrogens is 2. The molecule has 0 atom stereocenters. The topological polar surface area (TPSA) is 69.3 Å². The van der Waals surface area contributed by atoms with E-state index in [9.17, 15) is 9.59 Å². The molecule has 1 aliphatic rings. The summed E-state index contributed by atoms with van der Waals surface area (Å²) in [4.78, 5) is 34.9. The quantitative estimate of drug-likeness (QED) is 0.873. The molecule has 1 fully saturated rings. The molecule has 6 nitrogen and oxygen atoms in total. The van der Waals surface area contributed by atoms with Crippen molar-refractivity contribution in [2.24, 2.45) is 0 Å². The molecule has 6 heteroatoms. The van der Waals surface area contributed by atoms with E-state index >= 15 is 0 Å². The third-order valence-corrected chi connectivity index (χ3v) is 3.84. The Morgan fingerprint density at radius 2 is 1.77 bits per heavy atom. The van der Waals surface area contributed by atoms with Gasteiger partial charge in [-0.1, -0.05) is 6.07 Å². The molecule has 3 heterocycles. The number of hydrogen-bond acceptors (Lipinski definition) is 4. The molecule has 1 saturated heterocycles. The number of anilines is 1. The average Bonchev–Trinajstić information content (AvgIpc) is 3.05. The molecule has 1 N–H and O–H groups in total. The van der Waals surface area contributed by atoms with Gasteiger partial charge in [0.25, 0.3) is 5.91 Å². The Morgan fingerprint density at radius 3 is 2.36 bits per heavy atom. The van der Waals surface area contributed by atoms with Crippen LogP contribution in [0.5, 0.6) is 0 Å². The van der Waals surface area contributed by atoms with Crippen molar-refractivity contribution in [3.05, 3.63) is 47.9 Å². The molecule has 0 saturated carbocycles. The lowest BCUT2D eigenvalue weighted by atomic mass is 10.2. The van der Waals surface area contributed by atoms with Gasteiger partial charge in [-0.3, -0.25) is 9.59 Å². The van der Waals surface area contributed by atoms with E-state index in [0.29, 0.717) is 24.5 Å². The minimum atomic E-state index is -0.0704. The lowest BCUT2D eigenvalue weighted by Gasteiger charge is -2.35. The zero-order valence-corrected chi connectivity index (χ0v) is 12.5. The zero-order valence-electron chi connectivity index (χ0n) is 12.5. The van der Waals surface area contributed by atoms with Gasteiger partial charge in [-0.25, -0.2) is 4.98 Å². The molecule has 0 bridgehead atoms. The van der Waals surface area contributed by atoms with Crippen molar-refractivity contribution < 1.29 is 9.59 Å². The molecule has 22 heavy (non-hydrogen) atoms. The van der Waals surface area contributed by atoms with Crippen LogP contribution in [-0.2, 0) is 0 Å². The number of ketones is 1. The van der Waals surface area contributed by atoms with Gasteiger partial charge in [0.05, 0.1) is 5.69 Å². The average molecular weight is 298 g/mol. The van der Waals surface area contributed by atoms with E-state index in [0.717, 1.165) is 18.9 Å². The molecule has 0 aromatic carbocycles. The molecule has 1 aliphatic heterocycles. The summed E-state index contributed by atoms with van der Waals surface area (Å²) in [6, 6.07) is 9.15. The Labute approximate surface area is 128 Å². The second-order valence-electron chi connectivity index (χ2n) is 5.31. The summed E-state index contributed by atoms with van der Waals surface area (Å²) in [7, 11) is 0. The van der Waals surface area contributed by atoms with Crippen molar-refractivity contribution in [1.82, 2.24) is 14.9 Å². The van der Waals surface area contributed by atoms with Crippen molar-refractivity contribution >= 4 is 17.5 Å². The van der Waals surface area contributed by atoms with Gasteiger partial charge in [0.2, 0.25) is 0 Å². The second-order valence-corrected chi connectivity index (χ2v) is 5.31. The number of hydrogen-bond donors (Lipinski definition) is 1. The number of pyridine rings is 1. The summed E-state index contributed by atoms with van der Waals surface area (Å²) in [6.45, 7) is 4.27. The number of amides is 1. The Morgan fingerprint density at radius 1 is 1.05 bits per heavy atom. The van der Waals surface area contributed by atoms with Crippen molar-refractivity contribution in [2.45, 2.75) is 6.92 Å². The molecule has 2 aromatic heterocycles. The molecule has 2 aromatic rings. The summed E-state index contributed by atoms with van der Waals surface area (Å²) < 4.78 is 0. The van der Waals surface area contributed by atoms with Gasteiger partial charge in [0.15, 0.2) is 5.78 Å². The number of nitrogens with one attached hydrogen (secondary N) is 1. The van der Waals surface area contributed by atoms with Crippen LogP contribution in [0.2, 0.25) is 0 Å². The highest BCUT2D eigenvalue weighted by molar-refractivity contribution is 5.97. The highest BCUT2D eigenvalue weighted by Gasteiger charge is 2.23. The molecule has 0 unspecified atom stereocenters. The number of aromatic amines is 1. The van der Waals surface area contributed by atoms with Gasteiger partial charge >= 0.3 is 0 Å². The van der Waals surface area contributed by atoms with Gasteiger partial charge < -0.3 is 14.8 Å². The highest BCUT2D eigenvalue weighted by atomic mass is 16.2. The number of nitrogens with zero attached hydrogens (tertiary/aromatic N) is 3. The predicted molar refractivity (Wildman–Crippen MR) is 83.2 cm³/mol. The number of carbonyl (C=O) groups excluding carboxylic acids is 2. The molecular weight excluding hydrogens is 280 g/mol. The van der Waals surface area contributed by atoms with Crippen LogP contribution in [0.15, 0.2) is 36.5 Å². The van der Waals surface area contributed by atoms with E-state index < -0.39 is 0 Å². The Hall–Kier alpha value is -2.63. The fourth-order valence-corrected chi connectivity index (χ4v) is 2.57. The Kier molecular flexibility index (Phi) is 3.91. The molecular formula is C16H18N4O2. The monoisotopic (exact) mass is 298 g/mol. The van der Waals surface area contributed by atoms with Crippen LogP contribution in [-0.4, -0.2) is 52.7 Å². The Balaban J connectivity index is 1.63. The first-order chi connectivity index (χ1) is 10.6. The van der Waals surface area contributed by atoms with Gasteiger partial charge in [-0.05, 0) is 24.3 Å². The Bertz CT molecular complexity index is 672. The number of H-pyrrole nitrogens is 1. The summed E-state index contributed by atoms with van der Waals surface area (Å²) in [5.41, 5.74) is 0.937. The summed E-state index contributed by atoms with van der Waals surface area (Å²) in [5, 5.41) is 0.